The molecule has 90 valence electrons. The van der Waals surface area contributed by atoms with E-state index in [0.717, 1.165) is 5.56 Å². The third-order valence-electron chi connectivity index (χ3n) is 2.50. The Bertz CT molecular complexity index is 695. The van der Waals surface area contributed by atoms with Crippen molar-refractivity contribution in [2.45, 2.75) is 6.54 Å². The van der Waals surface area contributed by atoms with E-state index in [4.69, 9.17) is 23.2 Å². The van der Waals surface area contributed by atoms with Gasteiger partial charge in [-0.1, -0.05) is 11.6 Å². The van der Waals surface area contributed by atoms with Crippen LogP contribution in [0, 0.1) is 0 Å². The Kier molecular flexibility index (Phi) is 2.85. The van der Waals surface area contributed by atoms with E-state index >= 15 is 0 Å². The first-order valence-corrected chi connectivity index (χ1v) is 5.92. The lowest BCUT2D eigenvalue weighted by atomic mass is 10.3. The minimum absolute atomic E-state index is 0.0988. The van der Waals surface area contributed by atoms with Crippen molar-refractivity contribution in [1.29, 1.82) is 0 Å². The molecule has 0 saturated carbocycles. The van der Waals surface area contributed by atoms with Crippen molar-refractivity contribution >= 4 is 34.4 Å². The van der Waals surface area contributed by atoms with Gasteiger partial charge in [-0.25, -0.2) is 9.97 Å². The zero-order valence-electron chi connectivity index (χ0n) is 9.09. The Morgan fingerprint density at radius 1 is 1.11 bits per heavy atom. The minimum Gasteiger partial charge on any atom is -0.322 e. The number of pyridine rings is 1. The molecule has 0 aliphatic heterocycles. The summed E-state index contributed by atoms with van der Waals surface area (Å²) in [7, 11) is 0. The van der Waals surface area contributed by atoms with E-state index < -0.39 is 0 Å². The minimum atomic E-state index is 0.0988. The van der Waals surface area contributed by atoms with E-state index in [1.165, 1.54) is 0 Å². The van der Waals surface area contributed by atoms with Crippen LogP contribution in [0.25, 0.3) is 11.2 Å². The normalized spacial score (nSPS) is 11.0. The summed E-state index contributed by atoms with van der Waals surface area (Å²) in [6, 6.07) is 3.85. The number of rotatable bonds is 2. The predicted molar refractivity (Wildman–Crippen MR) is 68.7 cm³/mol. The molecule has 0 fully saturated rings. The fourth-order valence-electron chi connectivity index (χ4n) is 1.72. The summed E-state index contributed by atoms with van der Waals surface area (Å²) in [4.78, 5) is 16.1. The molecule has 0 spiro atoms. The fourth-order valence-corrected chi connectivity index (χ4v) is 2.20. The molecule has 0 aliphatic rings. The van der Waals surface area contributed by atoms with Gasteiger partial charge in [-0.3, -0.25) is 4.98 Å². The molecule has 0 amide bonds. The van der Waals surface area contributed by atoms with Gasteiger partial charge in [0.2, 0.25) is 5.28 Å². The molecule has 0 bridgehead atoms. The van der Waals surface area contributed by atoms with Crippen molar-refractivity contribution in [2.75, 3.05) is 0 Å². The molecule has 0 unspecified atom stereocenters. The number of imidazole rings is 1. The standard InChI is InChI=1S/C11H7Cl2N5/c12-9-8-10(17-11(13)16-9)15-6-18(8)5-7-1-3-14-4-2-7/h1-4,6H,5H2. The Hall–Kier alpha value is -1.72. The number of halogens is 2. The van der Waals surface area contributed by atoms with Crippen LogP contribution in [0.3, 0.4) is 0 Å². The lowest BCUT2D eigenvalue weighted by Gasteiger charge is -2.04. The highest BCUT2D eigenvalue weighted by Gasteiger charge is 2.11. The van der Waals surface area contributed by atoms with Crippen LogP contribution in [-0.4, -0.2) is 24.5 Å². The van der Waals surface area contributed by atoms with E-state index in [1.807, 2.05) is 16.7 Å². The van der Waals surface area contributed by atoms with Gasteiger partial charge in [0.15, 0.2) is 10.8 Å². The van der Waals surface area contributed by atoms with E-state index in [1.54, 1.807) is 18.7 Å². The van der Waals surface area contributed by atoms with Crippen LogP contribution in [0.1, 0.15) is 5.56 Å². The van der Waals surface area contributed by atoms with Crippen molar-refractivity contribution in [1.82, 2.24) is 24.5 Å². The van der Waals surface area contributed by atoms with Crippen LogP contribution in [0.4, 0.5) is 0 Å². The van der Waals surface area contributed by atoms with Gasteiger partial charge >= 0.3 is 0 Å². The lowest BCUT2D eigenvalue weighted by molar-refractivity contribution is 0.821. The molecule has 3 aromatic heterocycles. The second-order valence-electron chi connectivity index (χ2n) is 3.68. The molecule has 0 aliphatic carbocycles. The molecule has 0 N–H and O–H groups in total. The monoisotopic (exact) mass is 279 g/mol. The molecule has 18 heavy (non-hydrogen) atoms. The number of hydrogen-bond donors (Lipinski definition) is 0. The molecule has 3 heterocycles. The molecule has 3 rings (SSSR count). The Labute approximate surface area is 112 Å². The maximum Gasteiger partial charge on any atom is 0.225 e. The Morgan fingerprint density at radius 3 is 2.67 bits per heavy atom. The zero-order chi connectivity index (χ0) is 12.5. The average molecular weight is 280 g/mol. The van der Waals surface area contributed by atoms with Gasteiger partial charge in [0, 0.05) is 18.9 Å². The van der Waals surface area contributed by atoms with Crippen LogP contribution in [0.5, 0.6) is 0 Å². The number of hydrogen-bond acceptors (Lipinski definition) is 4. The molecular formula is C11H7Cl2N5. The lowest BCUT2D eigenvalue weighted by Crippen LogP contribution is -1.99. The molecule has 0 saturated heterocycles. The summed E-state index contributed by atoms with van der Waals surface area (Å²) in [5, 5.41) is 0.401. The molecular weight excluding hydrogens is 273 g/mol. The first-order valence-electron chi connectivity index (χ1n) is 5.17. The second kappa shape index (κ2) is 4.51. The fraction of sp³-hybridized carbons (Fsp3) is 0.0909. The number of aromatic nitrogens is 5. The van der Waals surface area contributed by atoms with E-state index in [0.29, 0.717) is 22.9 Å². The van der Waals surface area contributed by atoms with Crippen molar-refractivity contribution in [3.05, 3.63) is 46.9 Å². The van der Waals surface area contributed by atoms with Crippen LogP contribution in [-0.2, 0) is 6.54 Å². The molecule has 0 atom stereocenters. The highest BCUT2D eigenvalue weighted by Crippen LogP contribution is 2.21. The van der Waals surface area contributed by atoms with Crippen molar-refractivity contribution in [3.63, 3.8) is 0 Å². The predicted octanol–water partition coefficient (Wildman–Crippen LogP) is 2.58. The summed E-state index contributed by atoms with van der Waals surface area (Å²) < 4.78 is 1.88. The summed E-state index contributed by atoms with van der Waals surface area (Å²) in [5.74, 6) is 0. The largest absolute Gasteiger partial charge is 0.322 e. The second-order valence-corrected chi connectivity index (χ2v) is 4.38. The van der Waals surface area contributed by atoms with Crippen molar-refractivity contribution in [3.8, 4) is 0 Å². The highest BCUT2D eigenvalue weighted by molar-refractivity contribution is 6.35. The quantitative estimate of drug-likeness (QED) is 0.534. The summed E-state index contributed by atoms with van der Waals surface area (Å²) in [5.41, 5.74) is 2.27. The molecule has 0 aromatic carbocycles. The molecule has 3 aromatic rings. The third kappa shape index (κ3) is 2.02. The third-order valence-corrected chi connectivity index (χ3v) is 2.94. The van der Waals surface area contributed by atoms with Crippen molar-refractivity contribution in [2.24, 2.45) is 0 Å². The van der Waals surface area contributed by atoms with Gasteiger partial charge in [0.25, 0.3) is 0 Å². The Balaban J connectivity index is 2.08. The topological polar surface area (TPSA) is 56.5 Å². The summed E-state index contributed by atoms with van der Waals surface area (Å²) in [6.45, 7) is 0.629. The van der Waals surface area contributed by atoms with E-state index in [2.05, 4.69) is 19.9 Å². The van der Waals surface area contributed by atoms with E-state index in [9.17, 15) is 0 Å². The van der Waals surface area contributed by atoms with Gasteiger partial charge in [-0.15, -0.1) is 0 Å². The molecule has 5 nitrogen and oxygen atoms in total. The van der Waals surface area contributed by atoms with Crippen LogP contribution in [0.15, 0.2) is 30.9 Å². The van der Waals surface area contributed by atoms with E-state index in [-0.39, 0.29) is 5.28 Å². The molecule has 7 heteroatoms. The SMILES string of the molecule is Clc1nc(Cl)c2c(ncn2Cc2ccncc2)n1. The van der Waals surface area contributed by atoms with Crippen LogP contribution in [0.2, 0.25) is 10.4 Å². The van der Waals surface area contributed by atoms with Gasteiger partial charge < -0.3 is 4.57 Å². The van der Waals surface area contributed by atoms with Gasteiger partial charge in [-0.05, 0) is 29.3 Å². The first-order chi connectivity index (χ1) is 8.74. The maximum absolute atomic E-state index is 6.07. The molecule has 0 radical (unpaired) electrons. The van der Waals surface area contributed by atoms with Gasteiger partial charge in [0.1, 0.15) is 5.52 Å². The maximum atomic E-state index is 6.07. The zero-order valence-corrected chi connectivity index (χ0v) is 10.6. The average Bonchev–Trinajstić information content (AvgIpc) is 2.73. The smallest absolute Gasteiger partial charge is 0.225 e. The van der Waals surface area contributed by atoms with Gasteiger partial charge in [0.05, 0.1) is 6.33 Å². The first kappa shape index (κ1) is 11.4. The Morgan fingerprint density at radius 2 is 1.89 bits per heavy atom. The van der Waals surface area contributed by atoms with Gasteiger partial charge in [-0.2, -0.15) is 4.98 Å². The number of fused-ring (bicyclic) bond motifs is 1. The summed E-state index contributed by atoms with van der Waals surface area (Å²) >= 11 is 11.8. The summed E-state index contributed by atoms with van der Waals surface area (Å²) in [6.07, 6.45) is 5.15. The van der Waals surface area contributed by atoms with Crippen LogP contribution >= 0.6 is 23.2 Å². The van der Waals surface area contributed by atoms with Crippen LogP contribution < -0.4 is 0 Å². The number of nitrogens with zero attached hydrogens (tertiary/aromatic N) is 5. The highest BCUT2D eigenvalue weighted by atomic mass is 35.5. The van der Waals surface area contributed by atoms with Crippen molar-refractivity contribution < 1.29 is 0 Å².